The molecule has 1 amide bonds. The van der Waals surface area contributed by atoms with E-state index in [4.69, 9.17) is 4.74 Å². The molecule has 8 heteroatoms. The van der Waals surface area contributed by atoms with E-state index < -0.39 is 10.5 Å². The van der Waals surface area contributed by atoms with Crippen LogP contribution in [0.1, 0.15) is 38.0 Å². The van der Waals surface area contributed by atoms with Gasteiger partial charge in [-0.15, -0.1) is 0 Å². The van der Waals surface area contributed by atoms with Gasteiger partial charge in [0.25, 0.3) is 5.91 Å². The van der Waals surface area contributed by atoms with Gasteiger partial charge < -0.3 is 10.1 Å². The molecule has 3 rings (SSSR count). The molecule has 1 aromatic heterocycles. The van der Waals surface area contributed by atoms with E-state index >= 15 is 0 Å². The molecule has 156 valence electrons. The first kappa shape index (κ1) is 21.0. The Labute approximate surface area is 174 Å². The maximum absolute atomic E-state index is 12.8. The molecule has 0 fully saturated rings. The average molecular weight is 408 g/mol. The Hall–Kier alpha value is -3.68. The molecule has 0 bridgehead atoms. The fourth-order valence-electron chi connectivity index (χ4n) is 2.94. The molecular formula is C22H24N4O4. The van der Waals surface area contributed by atoms with Gasteiger partial charge in [-0.1, -0.05) is 30.3 Å². The number of nitrogens with zero attached hydrogens (tertiary/aromatic N) is 3. The van der Waals surface area contributed by atoms with Gasteiger partial charge in [-0.2, -0.15) is 5.10 Å². The first-order valence-corrected chi connectivity index (χ1v) is 9.51. The maximum atomic E-state index is 12.8. The minimum atomic E-state index is -1.11. The number of aromatic nitrogens is 2. The Morgan fingerprint density at radius 2 is 1.93 bits per heavy atom. The number of amides is 1. The number of benzene rings is 2. The lowest BCUT2D eigenvalue weighted by Crippen LogP contribution is -2.40. The van der Waals surface area contributed by atoms with E-state index in [0.717, 1.165) is 17.3 Å². The van der Waals surface area contributed by atoms with Crippen LogP contribution in [-0.4, -0.2) is 20.6 Å². The number of carbonyl (C=O) groups is 1. The Bertz CT molecular complexity index is 1060. The summed E-state index contributed by atoms with van der Waals surface area (Å²) in [4.78, 5) is 23.2. The second-order valence-corrected chi connectivity index (χ2v) is 7.56. The van der Waals surface area contributed by atoms with E-state index in [1.807, 2.05) is 50.2 Å². The first-order valence-electron chi connectivity index (χ1n) is 9.51. The van der Waals surface area contributed by atoms with E-state index in [1.54, 1.807) is 26.0 Å². The van der Waals surface area contributed by atoms with Crippen molar-refractivity contribution in [3.05, 3.63) is 82.2 Å². The summed E-state index contributed by atoms with van der Waals surface area (Å²) in [6, 6.07) is 15.4. The summed E-state index contributed by atoms with van der Waals surface area (Å²) in [7, 11) is 0. The topological polar surface area (TPSA) is 99.3 Å². The molecule has 0 saturated heterocycles. The number of anilines is 1. The van der Waals surface area contributed by atoms with E-state index in [1.165, 1.54) is 10.9 Å². The van der Waals surface area contributed by atoms with Crippen LogP contribution >= 0.6 is 0 Å². The van der Waals surface area contributed by atoms with E-state index in [2.05, 4.69) is 10.4 Å². The smallest absolute Gasteiger partial charge is 0.307 e. The molecule has 0 aliphatic carbocycles. The third kappa shape index (κ3) is 4.48. The molecule has 0 radical (unpaired) electrons. The normalized spacial score (nSPS) is 12.3. The number of aryl methyl sites for hydroxylation is 1. The molecule has 0 aliphatic heterocycles. The molecule has 1 N–H and O–H groups in total. The number of nitro groups is 1. The lowest BCUT2D eigenvalue weighted by molar-refractivity contribution is -0.385. The fourth-order valence-corrected chi connectivity index (χ4v) is 2.94. The Morgan fingerprint density at radius 3 is 2.53 bits per heavy atom. The molecule has 0 spiro atoms. The Balaban J connectivity index is 1.71. The summed E-state index contributed by atoms with van der Waals surface area (Å²) >= 11 is 0. The number of nitrogens with one attached hydrogen (secondary N) is 1. The van der Waals surface area contributed by atoms with Crippen molar-refractivity contribution in [3.8, 4) is 5.75 Å². The zero-order chi connectivity index (χ0) is 21.9. The lowest BCUT2D eigenvalue weighted by Gasteiger charge is -2.24. The van der Waals surface area contributed by atoms with Crippen LogP contribution in [0.3, 0.4) is 0 Å². The van der Waals surface area contributed by atoms with Crippen LogP contribution in [0.15, 0.2) is 60.9 Å². The third-order valence-electron chi connectivity index (χ3n) is 4.94. The van der Waals surface area contributed by atoms with Gasteiger partial charge in [0.15, 0.2) is 0 Å². The van der Waals surface area contributed by atoms with Crippen molar-refractivity contribution in [2.24, 2.45) is 0 Å². The zero-order valence-corrected chi connectivity index (χ0v) is 17.3. The van der Waals surface area contributed by atoms with Gasteiger partial charge in [-0.25, -0.2) is 0 Å². The molecular weight excluding hydrogens is 384 g/mol. The van der Waals surface area contributed by atoms with Crippen LogP contribution in [0, 0.1) is 17.0 Å². The molecule has 30 heavy (non-hydrogen) atoms. The zero-order valence-electron chi connectivity index (χ0n) is 17.3. The van der Waals surface area contributed by atoms with Gasteiger partial charge in [0.05, 0.1) is 4.92 Å². The van der Waals surface area contributed by atoms with E-state index in [-0.39, 0.29) is 17.7 Å². The first-order chi connectivity index (χ1) is 14.2. The average Bonchev–Trinajstić information content (AvgIpc) is 3.22. The highest BCUT2D eigenvalue weighted by Gasteiger charge is 2.32. The Morgan fingerprint density at radius 1 is 1.23 bits per heavy atom. The number of hydrogen-bond acceptors (Lipinski definition) is 5. The summed E-state index contributed by atoms with van der Waals surface area (Å²) in [6.45, 7) is 7.15. The molecule has 2 aromatic carbocycles. The summed E-state index contributed by atoms with van der Waals surface area (Å²) < 4.78 is 7.30. The van der Waals surface area contributed by atoms with E-state index in [9.17, 15) is 14.9 Å². The fraction of sp³-hybridized carbons (Fsp3) is 0.273. The highest BCUT2D eigenvalue weighted by molar-refractivity contribution is 5.96. The predicted octanol–water partition coefficient (Wildman–Crippen LogP) is 4.61. The van der Waals surface area contributed by atoms with Crippen molar-refractivity contribution >= 4 is 17.3 Å². The summed E-state index contributed by atoms with van der Waals surface area (Å²) in [6.07, 6.45) is 2.26. The van der Waals surface area contributed by atoms with Gasteiger partial charge in [0.1, 0.15) is 29.8 Å². The monoisotopic (exact) mass is 408 g/mol. The highest BCUT2D eigenvalue weighted by atomic mass is 16.6. The second-order valence-electron chi connectivity index (χ2n) is 7.56. The van der Waals surface area contributed by atoms with Gasteiger partial charge in [0, 0.05) is 5.69 Å². The van der Waals surface area contributed by atoms with Gasteiger partial charge in [0.2, 0.25) is 0 Å². The van der Waals surface area contributed by atoms with Gasteiger partial charge in [-0.3, -0.25) is 19.6 Å². The lowest BCUT2D eigenvalue weighted by atomic mass is 10.0. The molecule has 1 unspecified atom stereocenters. The van der Waals surface area contributed by atoms with Crippen molar-refractivity contribution in [2.75, 3.05) is 5.32 Å². The molecule has 8 nitrogen and oxygen atoms in total. The Kier molecular flexibility index (Phi) is 5.86. The summed E-state index contributed by atoms with van der Waals surface area (Å²) in [5, 5.41) is 17.7. The molecule has 1 heterocycles. The number of ether oxygens (including phenoxy) is 1. The van der Waals surface area contributed by atoms with Crippen molar-refractivity contribution in [2.45, 2.75) is 39.3 Å². The molecule has 1 atom stereocenters. The second kappa shape index (κ2) is 8.36. The van der Waals surface area contributed by atoms with Crippen LogP contribution in [0.2, 0.25) is 0 Å². The van der Waals surface area contributed by atoms with Crippen molar-refractivity contribution in [1.29, 1.82) is 0 Å². The van der Waals surface area contributed by atoms with Crippen LogP contribution in [0.25, 0.3) is 0 Å². The largest absolute Gasteiger partial charge is 0.486 e. The van der Waals surface area contributed by atoms with Crippen LogP contribution in [0.5, 0.6) is 5.75 Å². The predicted molar refractivity (Wildman–Crippen MR) is 113 cm³/mol. The number of rotatable bonds is 7. The van der Waals surface area contributed by atoms with Crippen LogP contribution in [0.4, 0.5) is 11.4 Å². The minimum absolute atomic E-state index is 0.111. The quantitative estimate of drug-likeness (QED) is 0.454. The molecule has 0 saturated carbocycles. The highest BCUT2D eigenvalue weighted by Crippen LogP contribution is 2.27. The summed E-state index contributed by atoms with van der Waals surface area (Å²) in [5.74, 6) is 0.360. The van der Waals surface area contributed by atoms with Crippen LogP contribution < -0.4 is 10.1 Å². The summed E-state index contributed by atoms with van der Waals surface area (Å²) in [5.41, 5.74) is 1.26. The third-order valence-corrected chi connectivity index (χ3v) is 4.94. The number of hydrogen-bond donors (Lipinski definition) is 1. The maximum Gasteiger partial charge on any atom is 0.307 e. The van der Waals surface area contributed by atoms with Crippen molar-refractivity contribution < 1.29 is 14.5 Å². The van der Waals surface area contributed by atoms with E-state index in [0.29, 0.717) is 11.4 Å². The van der Waals surface area contributed by atoms with Gasteiger partial charge >= 0.3 is 5.69 Å². The minimum Gasteiger partial charge on any atom is -0.486 e. The molecule has 0 aliphatic rings. The molecule has 3 aromatic rings. The van der Waals surface area contributed by atoms with Crippen molar-refractivity contribution in [3.63, 3.8) is 0 Å². The van der Waals surface area contributed by atoms with Gasteiger partial charge in [-0.05, 0) is 57.0 Å². The SMILES string of the molecule is Cc1cc(OC(C)c2ccccc2)ccc1NC(=O)C(C)(C)n1cc([N+](=O)[O-])cn1. The standard InChI is InChI=1S/C22H24N4O4/c1-15-12-19(30-16(2)17-8-6-5-7-9-17)10-11-20(15)24-21(27)22(3,4)25-14-18(13-23-25)26(28)29/h5-14,16H,1-4H3,(H,24,27). The van der Waals surface area contributed by atoms with Crippen molar-refractivity contribution in [1.82, 2.24) is 9.78 Å². The number of carbonyl (C=O) groups excluding carboxylic acids is 1. The van der Waals surface area contributed by atoms with Crippen LogP contribution in [-0.2, 0) is 10.3 Å².